The molecule has 1 aromatic rings. The second-order valence-electron chi connectivity index (χ2n) is 7.72. The van der Waals surface area contributed by atoms with Crippen LogP contribution in [-0.2, 0) is 4.79 Å². The largest absolute Gasteiger partial charge is 0.301 e. The van der Waals surface area contributed by atoms with Gasteiger partial charge in [0.05, 0.1) is 12.1 Å². The Morgan fingerprint density at radius 3 is 2.67 bits per heavy atom. The average molecular weight is 388 g/mol. The van der Waals surface area contributed by atoms with Gasteiger partial charge in [0.25, 0.3) is 5.91 Å². The fourth-order valence-corrected chi connectivity index (χ4v) is 4.04. The maximum atomic E-state index is 13.6. The van der Waals surface area contributed by atoms with E-state index in [1.165, 1.54) is 5.56 Å². The van der Waals surface area contributed by atoms with Gasteiger partial charge in [-0.2, -0.15) is 0 Å². The summed E-state index contributed by atoms with van der Waals surface area (Å²) in [6, 6.07) is 6.18. The topological polar surface area (TPSA) is 35.6 Å². The smallest absolute Gasteiger partial charge is 0.276 e. The van der Waals surface area contributed by atoms with Crippen molar-refractivity contribution < 1.29 is 4.79 Å². The van der Waals surface area contributed by atoms with Crippen LogP contribution in [0.3, 0.4) is 0 Å². The van der Waals surface area contributed by atoms with E-state index in [1.807, 2.05) is 36.0 Å². The van der Waals surface area contributed by atoms with Crippen LogP contribution in [-0.4, -0.2) is 35.3 Å². The van der Waals surface area contributed by atoms with Crippen molar-refractivity contribution in [1.82, 2.24) is 10.4 Å². The van der Waals surface area contributed by atoms with Gasteiger partial charge in [-0.25, -0.2) is 5.43 Å². The van der Waals surface area contributed by atoms with Crippen LogP contribution in [0.4, 0.5) is 5.69 Å². The number of nitrogens with zero attached hydrogens (tertiary/aromatic N) is 2. The van der Waals surface area contributed by atoms with Crippen LogP contribution < -0.4 is 10.3 Å². The molecule has 1 saturated heterocycles. The standard InChI is InChI=1S/C22H33N3OS/c1-8-14-27-17(3)12-13-20-21(26)25(22(5,6)15-24(20)23-7)19-11-9-10-16(2)18(19)4/h8-11,13-14,17,23H,12,15H2,1-7H3/b14-8-,20-13-. The Labute approximate surface area is 168 Å². The number of nitrogens with one attached hydrogen (secondary N) is 1. The Morgan fingerprint density at radius 1 is 1.33 bits per heavy atom. The number of amides is 1. The molecule has 1 atom stereocenters. The Morgan fingerprint density at radius 2 is 2.04 bits per heavy atom. The van der Waals surface area contributed by atoms with Gasteiger partial charge in [-0.05, 0) is 63.6 Å². The zero-order valence-corrected chi connectivity index (χ0v) is 18.5. The minimum atomic E-state index is -0.318. The number of thioether (sulfide) groups is 1. The van der Waals surface area contributed by atoms with Crippen LogP contribution in [0.25, 0.3) is 0 Å². The van der Waals surface area contributed by atoms with Gasteiger partial charge in [-0.15, -0.1) is 11.8 Å². The molecule has 1 aliphatic heterocycles. The van der Waals surface area contributed by atoms with E-state index in [2.05, 4.69) is 63.7 Å². The summed E-state index contributed by atoms with van der Waals surface area (Å²) in [6.07, 6.45) is 4.97. The summed E-state index contributed by atoms with van der Waals surface area (Å²) >= 11 is 1.79. The molecule has 0 bridgehead atoms. The van der Waals surface area contributed by atoms with E-state index in [0.29, 0.717) is 5.25 Å². The molecule has 5 heteroatoms. The number of anilines is 1. The highest BCUT2D eigenvalue weighted by atomic mass is 32.2. The molecule has 1 N–H and O–H groups in total. The Kier molecular flexibility index (Phi) is 7.18. The molecular weight excluding hydrogens is 354 g/mol. The predicted molar refractivity (Wildman–Crippen MR) is 118 cm³/mol. The first-order valence-electron chi connectivity index (χ1n) is 9.55. The summed E-state index contributed by atoms with van der Waals surface area (Å²) in [5, 5.41) is 4.51. The van der Waals surface area contributed by atoms with Crippen molar-refractivity contribution >= 4 is 23.4 Å². The minimum absolute atomic E-state index is 0.0533. The molecule has 0 spiro atoms. The number of allylic oxidation sites excluding steroid dienone is 2. The van der Waals surface area contributed by atoms with Gasteiger partial charge in [-0.1, -0.05) is 31.2 Å². The lowest BCUT2D eigenvalue weighted by Gasteiger charge is -2.48. The number of hydrazine groups is 1. The van der Waals surface area contributed by atoms with E-state index < -0.39 is 0 Å². The molecular formula is C22H33N3OS. The highest BCUT2D eigenvalue weighted by Crippen LogP contribution is 2.35. The average Bonchev–Trinajstić information content (AvgIpc) is 2.61. The van der Waals surface area contributed by atoms with E-state index in [4.69, 9.17) is 0 Å². The molecule has 1 aliphatic rings. The maximum absolute atomic E-state index is 13.6. The lowest BCUT2D eigenvalue weighted by atomic mass is 9.94. The predicted octanol–water partition coefficient (Wildman–Crippen LogP) is 4.79. The summed E-state index contributed by atoms with van der Waals surface area (Å²) in [7, 11) is 1.88. The van der Waals surface area contributed by atoms with Crippen molar-refractivity contribution in [3.8, 4) is 0 Å². The molecule has 1 heterocycles. The Balaban J connectivity index is 2.40. The number of hydrogen-bond donors (Lipinski definition) is 1. The summed E-state index contributed by atoms with van der Waals surface area (Å²) in [6.45, 7) is 13.4. The fraction of sp³-hybridized carbons (Fsp3) is 0.500. The molecule has 1 unspecified atom stereocenters. The van der Waals surface area contributed by atoms with Gasteiger partial charge in [0.15, 0.2) is 0 Å². The molecule has 4 nitrogen and oxygen atoms in total. The zero-order valence-electron chi connectivity index (χ0n) is 17.7. The van der Waals surface area contributed by atoms with Crippen molar-refractivity contribution in [2.45, 2.75) is 58.8 Å². The summed E-state index contributed by atoms with van der Waals surface area (Å²) in [5.41, 5.74) is 6.98. The molecule has 1 amide bonds. The minimum Gasteiger partial charge on any atom is -0.301 e. The van der Waals surface area contributed by atoms with Crippen molar-refractivity contribution in [3.63, 3.8) is 0 Å². The normalized spacial score (nSPS) is 20.0. The van der Waals surface area contributed by atoms with Crippen LogP contribution in [0.15, 0.2) is 41.5 Å². The van der Waals surface area contributed by atoms with Crippen molar-refractivity contribution in [1.29, 1.82) is 0 Å². The highest BCUT2D eigenvalue weighted by Gasteiger charge is 2.42. The van der Waals surface area contributed by atoms with Crippen molar-refractivity contribution in [2.75, 3.05) is 18.5 Å². The van der Waals surface area contributed by atoms with E-state index in [-0.39, 0.29) is 11.4 Å². The number of carbonyl (C=O) groups excluding carboxylic acids is 1. The van der Waals surface area contributed by atoms with Crippen LogP contribution >= 0.6 is 11.8 Å². The third-order valence-corrected chi connectivity index (χ3v) is 6.13. The number of aryl methyl sites for hydroxylation is 1. The highest BCUT2D eigenvalue weighted by molar-refractivity contribution is 8.02. The number of rotatable bonds is 6. The molecule has 1 aromatic carbocycles. The lowest BCUT2D eigenvalue weighted by molar-refractivity contribution is -0.120. The number of carbonyl (C=O) groups is 1. The third kappa shape index (κ3) is 4.77. The molecule has 27 heavy (non-hydrogen) atoms. The molecule has 2 rings (SSSR count). The van der Waals surface area contributed by atoms with Crippen molar-refractivity contribution in [3.05, 3.63) is 52.6 Å². The van der Waals surface area contributed by atoms with Gasteiger partial charge < -0.3 is 5.01 Å². The summed E-state index contributed by atoms with van der Waals surface area (Å²) in [4.78, 5) is 15.5. The fourth-order valence-electron chi connectivity index (χ4n) is 3.40. The first kappa shape index (κ1) is 21.6. The lowest BCUT2D eigenvalue weighted by Crippen LogP contribution is -2.63. The van der Waals surface area contributed by atoms with Crippen LogP contribution in [0, 0.1) is 13.8 Å². The number of hydrogen-bond acceptors (Lipinski definition) is 4. The maximum Gasteiger partial charge on any atom is 0.276 e. The molecule has 148 valence electrons. The van der Waals surface area contributed by atoms with Gasteiger partial charge in [0, 0.05) is 18.0 Å². The molecule has 0 radical (unpaired) electrons. The second-order valence-corrected chi connectivity index (χ2v) is 9.07. The van der Waals surface area contributed by atoms with E-state index in [0.717, 1.165) is 29.9 Å². The number of benzene rings is 1. The Bertz CT molecular complexity index is 739. The first-order chi connectivity index (χ1) is 12.7. The molecule has 0 saturated carbocycles. The van der Waals surface area contributed by atoms with Crippen LogP contribution in [0.1, 0.15) is 45.2 Å². The van der Waals surface area contributed by atoms with Gasteiger partial charge in [0.2, 0.25) is 0 Å². The number of piperazine rings is 1. The van der Waals surface area contributed by atoms with Gasteiger partial charge in [0.1, 0.15) is 5.70 Å². The second kappa shape index (κ2) is 8.98. The summed E-state index contributed by atoms with van der Waals surface area (Å²) in [5.74, 6) is 0.0533. The first-order valence-corrected chi connectivity index (χ1v) is 10.5. The van der Waals surface area contributed by atoms with Gasteiger partial charge >= 0.3 is 0 Å². The van der Waals surface area contributed by atoms with E-state index >= 15 is 0 Å². The van der Waals surface area contributed by atoms with Crippen LogP contribution in [0.5, 0.6) is 0 Å². The third-order valence-electron chi connectivity index (χ3n) is 5.04. The zero-order chi connectivity index (χ0) is 20.2. The van der Waals surface area contributed by atoms with E-state index in [9.17, 15) is 4.79 Å². The Hall–Kier alpha value is -1.72. The SMILES string of the molecule is C/C=C\SC(C)C/C=C1/C(=O)N(c2cccc(C)c2C)C(C)(C)CN1NC. The van der Waals surface area contributed by atoms with E-state index in [1.54, 1.807) is 11.8 Å². The quantitative estimate of drug-likeness (QED) is 0.712. The molecule has 0 aliphatic carbocycles. The van der Waals surface area contributed by atoms with Crippen LogP contribution in [0.2, 0.25) is 0 Å². The monoisotopic (exact) mass is 387 g/mol. The van der Waals surface area contributed by atoms with Crippen molar-refractivity contribution in [2.24, 2.45) is 0 Å². The van der Waals surface area contributed by atoms with Gasteiger partial charge in [-0.3, -0.25) is 9.69 Å². The summed E-state index contributed by atoms with van der Waals surface area (Å²) < 4.78 is 0. The molecule has 0 aromatic heterocycles. The molecule has 1 fully saturated rings.